The lowest BCUT2D eigenvalue weighted by atomic mass is 10.0. The van der Waals surface area contributed by atoms with Crippen LogP contribution in [-0.2, 0) is 9.59 Å². The molecule has 1 aromatic carbocycles. The van der Waals surface area contributed by atoms with E-state index in [9.17, 15) is 9.59 Å². The van der Waals surface area contributed by atoms with Crippen LogP contribution in [0.15, 0.2) is 30.3 Å². The number of benzene rings is 1. The van der Waals surface area contributed by atoms with Gasteiger partial charge in [0.1, 0.15) is 0 Å². The molecule has 128 valence electrons. The lowest BCUT2D eigenvalue weighted by Crippen LogP contribution is -2.49. The summed E-state index contributed by atoms with van der Waals surface area (Å²) in [7, 11) is 0. The Morgan fingerprint density at radius 2 is 2.00 bits per heavy atom. The highest BCUT2D eigenvalue weighted by Crippen LogP contribution is 2.23. The van der Waals surface area contributed by atoms with Gasteiger partial charge in [0.2, 0.25) is 11.8 Å². The third kappa shape index (κ3) is 3.53. The number of carbonyl (C=O) groups excluding carboxylic acids is 2. The molecule has 0 spiro atoms. The molecule has 0 radical (unpaired) electrons. The average Bonchev–Trinajstić information content (AvgIpc) is 3.01. The second-order valence-electron chi connectivity index (χ2n) is 6.91. The fourth-order valence-corrected chi connectivity index (χ4v) is 3.83. The second-order valence-corrected chi connectivity index (χ2v) is 6.91. The van der Waals surface area contributed by atoms with Crippen molar-refractivity contribution >= 4 is 17.4 Å². The molecule has 0 saturated carbocycles. The van der Waals surface area contributed by atoms with Gasteiger partial charge < -0.3 is 9.80 Å². The largest absolute Gasteiger partial charge is 0.338 e. The van der Waals surface area contributed by atoms with Crippen molar-refractivity contribution in [3.8, 4) is 0 Å². The Morgan fingerprint density at radius 3 is 2.71 bits per heavy atom. The molecule has 2 aliphatic heterocycles. The van der Waals surface area contributed by atoms with Crippen LogP contribution in [0.5, 0.6) is 0 Å². The maximum atomic E-state index is 12.7. The molecule has 2 fully saturated rings. The van der Waals surface area contributed by atoms with Gasteiger partial charge in [-0.2, -0.15) is 0 Å². The van der Waals surface area contributed by atoms with Gasteiger partial charge in [0, 0.05) is 38.2 Å². The predicted octanol–water partition coefficient (Wildman–Crippen LogP) is 3.01. The quantitative estimate of drug-likeness (QED) is 0.801. The Morgan fingerprint density at radius 1 is 1.21 bits per heavy atom. The Kier molecular flexibility index (Phi) is 5.03. The van der Waals surface area contributed by atoms with Crippen molar-refractivity contribution in [3.63, 3.8) is 0 Å². The molecule has 1 atom stereocenters. The minimum atomic E-state index is 0.0621. The van der Waals surface area contributed by atoms with Crippen LogP contribution in [0.3, 0.4) is 0 Å². The third-order valence-electron chi connectivity index (χ3n) is 5.17. The van der Waals surface area contributed by atoms with Crippen LogP contribution < -0.4 is 0 Å². The van der Waals surface area contributed by atoms with Gasteiger partial charge in [-0.25, -0.2) is 0 Å². The number of carbonyl (C=O) groups is 2. The van der Waals surface area contributed by atoms with E-state index in [0.717, 1.165) is 43.5 Å². The minimum Gasteiger partial charge on any atom is -0.338 e. The number of aryl methyl sites for hydroxylation is 1. The summed E-state index contributed by atoms with van der Waals surface area (Å²) in [4.78, 5) is 28.5. The standard InChI is InChI=1S/C20H26N2O2/c1-15-7-3-4-9-18(15)16(2)13-20(24)21-11-5-8-17(14-21)22-12-6-10-19(22)23/h3-4,7,9,13,17H,5-6,8,10-12,14H2,1-2H3/b16-13+. The van der Waals surface area contributed by atoms with Crippen molar-refractivity contribution < 1.29 is 9.59 Å². The van der Waals surface area contributed by atoms with Gasteiger partial charge in [-0.1, -0.05) is 24.3 Å². The van der Waals surface area contributed by atoms with E-state index in [1.54, 1.807) is 6.08 Å². The molecular weight excluding hydrogens is 300 g/mol. The number of nitrogens with zero attached hydrogens (tertiary/aromatic N) is 2. The van der Waals surface area contributed by atoms with Crippen LogP contribution in [0.1, 0.15) is 43.7 Å². The lowest BCUT2D eigenvalue weighted by molar-refractivity contribution is -0.134. The first-order valence-corrected chi connectivity index (χ1v) is 8.89. The Bertz CT molecular complexity index is 665. The highest BCUT2D eigenvalue weighted by molar-refractivity contribution is 5.95. The van der Waals surface area contributed by atoms with E-state index >= 15 is 0 Å². The topological polar surface area (TPSA) is 40.6 Å². The van der Waals surface area contributed by atoms with Gasteiger partial charge in [-0.3, -0.25) is 9.59 Å². The van der Waals surface area contributed by atoms with Crippen molar-refractivity contribution in [2.75, 3.05) is 19.6 Å². The van der Waals surface area contributed by atoms with E-state index in [-0.39, 0.29) is 17.9 Å². The van der Waals surface area contributed by atoms with Gasteiger partial charge in [0.05, 0.1) is 0 Å². The first kappa shape index (κ1) is 16.7. The summed E-state index contributed by atoms with van der Waals surface area (Å²) < 4.78 is 0. The zero-order valence-electron chi connectivity index (χ0n) is 14.6. The molecule has 0 N–H and O–H groups in total. The van der Waals surface area contributed by atoms with Crippen LogP contribution in [0.25, 0.3) is 5.57 Å². The molecule has 2 saturated heterocycles. The predicted molar refractivity (Wildman–Crippen MR) is 95.4 cm³/mol. The van der Waals surface area contributed by atoms with Gasteiger partial charge >= 0.3 is 0 Å². The molecule has 2 heterocycles. The number of allylic oxidation sites excluding steroid dienone is 1. The first-order valence-electron chi connectivity index (χ1n) is 8.89. The van der Waals surface area contributed by atoms with Crippen molar-refractivity contribution in [2.45, 2.75) is 45.6 Å². The normalized spacial score (nSPS) is 22.2. The number of hydrogen-bond donors (Lipinski definition) is 0. The van der Waals surface area contributed by atoms with E-state index < -0.39 is 0 Å². The maximum absolute atomic E-state index is 12.7. The number of piperidine rings is 1. The monoisotopic (exact) mass is 326 g/mol. The molecule has 2 amide bonds. The van der Waals surface area contributed by atoms with Crippen LogP contribution in [0.2, 0.25) is 0 Å². The first-order chi connectivity index (χ1) is 11.6. The summed E-state index contributed by atoms with van der Waals surface area (Å²) in [5.41, 5.74) is 3.30. The van der Waals surface area contributed by atoms with Gasteiger partial charge in [0.15, 0.2) is 0 Å². The fraction of sp³-hybridized carbons (Fsp3) is 0.500. The summed E-state index contributed by atoms with van der Waals surface area (Å²) in [6.07, 6.45) is 5.34. The Labute approximate surface area is 144 Å². The molecule has 4 nitrogen and oxygen atoms in total. The molecule has 0 aromatic heterocycles. The molecule has 1 aromatic rings. The summed E-state index contributed by atoms with van der Waals surface area (Å²) in [6, 6.07) is 8.32. The summed E-state index contributed by atoms with van der Waals surface area (Å²) >= 11 is 0. The highest BCUT2D eigenvalue weighted by atomic mass is 16.2. The van der Waals surface area contributed by atoms with E-state index in [4.69, 9.17) is 0 Å². The van der Waals surface area contributed by atoms with Gasteiger partial charge in [-0.15, -0.1) is 0 Å². The Balaban J connectivity index is 1.69. The zero-order valence-corrected chi connectivity index (χ0v) is 14.6. The van der Waals surface area contributed by atoms with Gasteiger partial charge in [0.25, 0.3) is 0 Å². The molecular formula is C20H26N2O2. The van der Waals surface area contributed by atoms with Crippen molar-refractivity contribution in [3.05, 3.63) is 41.5 Å². The van der Waals surface area contributed by atoms with Crippen molar-refractivity contribution in [1.82, 2.24) is 9.80 Å². The minimum absolute atomic E-state index is 0.0621. The molecule has 0 bridgehead atoms. The number of rotatable bonds is 3. The number of likely N-dealkylation sites (tertiary alicyclic amines) is 2. The van der Waals surface area contributed by atoms with E-state index in [1.165, 1.54) is 5.56 Å². The molecule has 0 aliphatic carbocycles. The van der Waals surface area contributed by atoms with Crippen LogP contribution in [-0.4, -0.2) is 47.3 Å². The summed E-state index contributed by atoms with van der Waals surface area (Å²) in [5.74, 6) is 0.313. The number of amides is 2. The van der Waals surface area contributed by atoms with Crippen LogP contribution >= 0.6 is 0 Å². The highest BCUT2D eigenvalue weighted by Gasteiger charge is 2.32. The molecule has 4 heteroatoms. The molecule has 3 rings (SSSR count). The van der Waals surface area contributed by atoms with Crippen molar-refractivity contribution in [1.29, 1.82) is 0 Å². The van der Waals surface area contributed by atoms with E-state index in [1.807, 2.05) is 28.9 Å². The number of hydrogen-bond acceptors (Lipinski definition) is 2. The molecule has 24 heavy (non-hydrogen) atoms. The fourth-order valence-electron chi connectivity index (χ4n) is 3.83. The SMILES string of the molecule is C/C(=C\C(=O)N1CCCC(N2CCCC2=O)C1)c1ccccc1C. The second kappa shape index (κ2) is 7.20. The average molecular weight is 326 g/mol. The van der Waals surface area contributed by atoms with E-state index in [0.29, 0.717) is 13.0 Å². The molecule has 2 aliphatic rings. The van der Waals surface area contributed by atoms with Crippen LogP contribution in [0.4, 0.5) is 0 Å². The molecule has 1 unspecified atom stereocenters. The summed E-state index contributed by atoms with van der Waals surface area (Å²) in [5, 5.41) is 0. The van der Waals surface area contributed by atoms with Gasteiger partial charge in [-0.05, 0) is 49.8 Å². The Hall–Kier alpha value is -2.10. The van der Waals surface area contributed by atoms with E-state index in [2.05, 4.69) is 19.1 Å². The third-order valence-corrected chi connectivity index (χ3v) is 5.17. The summed E-state index contributed by atoms with van der Waals surface area (Å²) in [6.45, 7) is 6.36. The lowest BCUT2D eigenvalue weighted by Gasteiger charge is -2.37. The smallest absolute Gasteiger partial charge is 0.246 e. The zero-order chi connectivity index (χ0) is 17.1. The van der Waals surface area contributed by atoms with Crippen molar-refractivity contribution in [2.24, 2.45) is 0 Å². The van der Waals surface area contributed by atoms with Crippen LogP contribution in [0, 0.1) is 6.92 Å². The maximum Gasteiger partial charge on any atom is 0.246 e.